The maximum absolute atomic E-state index is 12.4. The van der Waals surface area contributed by atoms with Crippen molar-refractivity contribution in [3.8, 4) is 0 Å². The number of nitrogens with one attached hydrogen (secondary N) is 1. The Labute approximate surface area is 158 Å². The monoisotopic (exact) mass is 367 g/mol. The number of hydrogen-bond acceptors (Lipinski definition) is 3. The lowest BCUT2D eigenvalue weighted by atomic mass is 9.95. The van der Waals surface area contributed by atoms with Gasteiger partial charge in [-0.25, -0.2) is 0 Å². The molecule has 0 aromatic carbocycles. The fourth-order valence-electron chi connectivity index (χ4n) is 3.06. The molecule has 3 amide bonds. The number of rotatable bonds is 8. The van der Waals surface area contributed by atoms with Gasteiger partial charge < -0.3 is 15.1 Å². The lowest BCUT2D eigenvalue weighted by Gasteiger charge is -2.33. The van der Waals surface area contributed by atoms with Crippen LogP contribution in [0.25, 0.3) is 0 Å². The Morgan fingerprint density at radius 1 is 1.12 bits per heavy atom. The molecule has 1 rings (SSSR count). The van der Waals surface area contributed by atoms with E-state index in [4.69, 9.17) is 0 Å². The molecule has 0 radical (unpaired) electrons. The normalized spacial score (nSPS) is 15.7. The van der Waals surface area contributed by atoms with Crippen LogP contribution >= 0.6 is 0 Å². The number of carbonyl (C=O) groups is 3. The van der Waals surface area contributed by atoms with Crippen LogP contribution in [0.2, 0.25) is 0 Å². The first-order chi connectivity index (χ1) is 12.2. The van der Waals surface area contributed by atoms with Gasteiger partial charge in [0.25, 0.3) is 0 Å². The smallest absolute Gasteiger partial charge is 0.225 e. The Morgan fingerprint density at radius 2 is 1.73 bits per heavy atom. The minimum absolute atomic E-state index is 0.0106. The van der Waals surface area contributed by atoms with E-state index in [0.717, 1.165) is 32.2 Å². The Kier molecular flexibility index (Phi) is 9.09. The minimum atomic E-state index is -0.400. The lowest BCUT2D eigenvalue weighted by Crippen LogP contribution is -2.43. The predicted molar refractivity (Wildman–Crippen MR) is 104 cm³/mol. The van der Waals surface area contributed by atoms with Crippen LogP contribution in [-0.2, 0) is 14.4 Å². The number of carbonyl (C=O) groups excluding carboxylic acids is 3. The summed E-state index contributed by atoms with van der Waals surface area (Å²) in [7, 11) is 1.88. The molecule has 0 saturated carbocycles. The van der Waals surface area contributed by atoms with Crippen molar-refractivity contribution in [3.63, 3.8) is 0 Å². The molecule has 1 aliphatic rings. The fraction of sp³-hybridized carbons (Fsp3) is 0.850. The number of amides is 3. The van der Waals surface area contributed by atoms with E-state index in [-0.39, 0.29) is 23.6 Å². The van der Waals surface area contributed by atoms with Gasteiger partial charge in [0.2, 0.25) is 17.7 Å². The van der Waals surface area contributed by atoms with E-state index in [1.807, 2.05) is 37.6 Å². The molecule has 6 heteroatoms. The van der Waals surface area contributed by atoms with Gasteiger partial charge in [-0.1, -0.05) is 34.1 Å². The highest BCUT2D eigenvalue weighted by Gasteiger charge is 2.28. The molecule has 0 atom stereocenters. The first-order valence-corrected chi connectivity index (χ1v) is 9.97. The Hall–Kier alpha value is -1.59. The van der Waals surface area contributed by atoms with E-state index >= 15 is 0 Å². The molecule has 1 aliphatic heterocycles. The highest BCUT2D eigenvalue weighted by molar-refractivity contribution is 5.81. The van der Waals surface area contributed by atoms with Gasteiger partial charge in [-0.15, -0.1) is 0 Å². The molecule has 26 heavy (non-hydrogen) atoms. The SMILES string of the molecule is CCCCN(C)C(=O)C1CCN(C(=O)CCCNC(=O)C(C)(C)C)CC1. The molecule has 6 nitrogen and oxygen atoms in total. The van der Waals surface area contributed by atoms with Gasteiger partial charge >= 0.3 is 0 Å². The minimum Gasteiger partial charge on any atom is -0.356 e. The number of piperidine rings is 1. The van der Waals surface area contributed by atoms with Crippen molar-refractivity contribution >= 4 is 17.7 Å². The van der Waals surface area contributed by atoms with Gasteiger partial charge in [0.05, 0.1) is 0 Å². The maximum atomic E-state index is 12.4. The van der Waals surface area contributed by atoms with Crippen molar-refractivity contribution in [2.24, 2.45) is 11.3 Å². The second kappa shape index (κ2) is 10.5. The van der Waals surface area contributed by atoms with E-state index in [2.05, 4.69) is 12.2 Å². The molecule has 150 valence electrons. The number of nitrogens with zero attached hydrogens (tertiary/aromatic N) is 2. The van der Waals surface area contributed by atoms with Crippen molar-refractivity contribution in [1.29, 1.82) is 0 Å². The third-order valence-corrected chi connectivity index (χ3v) is 4.95. The van der Waals surface area contributed by atoms with Gasteiger partial charge in [0.15, 0.2) is 0 Å². The van der Waals surface area contributed by atoms with Gasteiger partial charge in [-0.2, -0.15) is 0 Å². The standard InChI is InChI=1S/C20H37N3O3/c1-6-7-13-22(5)18(25)16-10-14-23(15-11-16)17(24)9-8-12-21-19(26)20(2,3)4/h16H,6-15H2,1-5H3,(H,21,26). The van der Waals surface area contributed by atoms with Crippen molar-refractivity contribution in [1.82, 2.24) is 15.1 Å². The number of hydrogen-bond donors (Lipinski definition) is 1. The van der Waals surface area contributed by atoms with Crippen LogP contribution in [0.3, 0.4) is 0 Å². The zero-order valence-corrected chi connectivity index (χ0v) is 17.3. The number of unbranched alkanes of at least 4 members (excludes halogenated alkanes) is 1. The van der Waals surface area contributed by atoms with Gasteiger partial charge in [-0.05, 0) is 25.7 Å². The van der Waals surface area contributed by atoms with Gasteiger partial charge in [0, 0.05) is 51.0 Å². The van der Waals surface area contributed by atoms with E-state index in [1.165, 1.54) is 0 Å². The molecule has 0 aliphatic carbocycles. The Bertz CT molecular complexity index is 477. The summed E-state index contributed by atoms with van der Waals surface area (Å²) in [5, 5.41) is 2.87. The summed E-state index contributed by atoms with van der Waals surface area (Å²) in [6.07, 6.45) is 4.72. The zero-order chi connectivity index (χ0) is 19.7. The molecule has 1 N–H and O–H groups in total. The van der Waals surface area contributed by atoms with Crippen LogP contribution in [0.15, 0.2) is 0 Å². The van der Waals surface area contributed by atoms with Crippen LogP contribution < -0.4 is 5.32 Å². The van der Waals surface area contributed by atoms with Crippen LogP contribution in [0, 0.1) is 11.3 Å². The largest absolute Gasteiger partial charge is 0.356 e. The summed E-state index contributed by atoms with van der Waals surface area (Å²) < 4.78 is 0. The van der Waals surface area contributed by atoms with Crippen LogP contribution in [0.1, 0.15) is 66.2 Å². The first-order valence-electron chi connectivity index (χ1n) is 9.97. The van der Waals surface area contributed by atoms with Gasteiger partial charge in [0.1, 0.15) is 0 Å². The van der Waals surface area contributed by atoms with Crippen molar-refractivity contribution in [2.45, 2.75) is 66.2 Å². The van der Waals surface area contributed by atoms with E-state index in [1.54, 1.807) is 0 Å². The second-order valence-electron chi connectivity index (χ2n) is 8.38. The molecule has 1 fully saturated rings. The second-order valence-corrected chi connectivity index (χ2v) is 8.38. The Morgan fingerprint density at radius 3 is 2.27 bits per heavy atom. The zero-order valence-electron chi connectivity index (χ0n) is 17.3. The van der Waals surface area contributed by atoms with Gasteiger partial charge in [-0.3, -0.25) is 14.4 Å². The maximum Gasteiger partial charge on any atom is 0.225 e. The van der Waals surface area contributed by atoms with Crippen molar-refractivity contribution < 1.29 is 14.4 Å². The average Bonchev–Trinajstić information content (AvgIpc) is 2.61. The molecule has 0 spiro atoms. The quantitative estimate of drug-likeness (QED) is 0.670. The molecule has 0 aromatic heterocycles. The summed E-state index contributed by atoms with van der Waals surface area (Å²) >= 11 is 0. The molecular weight excluding hydrogens is 330 g/mol. The van der Waals surface area contributed by atoms with E-state index in [9.17, 15) is 14.4 Å². The highest BCUT2D eigenvalue weighted by atomic mass is 16.2. The summed E-state index contributed by atoms with van der Waals surface area (Å²) in [5.74, 6) is 0.402. The van der Waals surface area contributed by atoms with Crippen LogP contribution in [0.4, 0.5) is 0 Å². The summed E-state index contributed by atoms with van der Waals surface area (Å²) in [6, 6.07) is 0. The summed E-state index contributed by atoms with van der Waals surface area (Å²) in [5.41, 5.74) is -0.400. The third-order valence-electron chi connectivity index (χ3n) is 4.95. The topological polar surface area (TPSA) is 69.7 Å². The lowest BCUT2D eigenvalue weighted by molar-refractivity contribution is -0.140. The molecule has 0 unspecified atom stereocenters. The predicted octanol–water partition coefficient (Wildman–Crippen LogP) is 2.43. The molecule has 1 heterocycles. The highest BCUT2D eigenvalue weighted by Crippen LogP contribution is 2.20. The average molecular weight is 368 g/mol. The first kappa shape index (κ1) is 22.5. The number of likely N-dealkylation sites (tertiary alicyclic amines) is 1. The van der Waals surface area contributed by atoms with Crippen LogP contribution in [-0.4, -0.2) is 60.7 Å². The van der Waals surface area contributed by atoms with Crippen molar-refractivity contribution in [2.75, 3.05) is 33.2 Å². The Balaban J connectivity index is 2.27. The molecular formula is C20H37N3O3. The van der Waals surface area contributed by atoms with E-state index < -0.39 is 5.41 Å². The van der Waals surface area contributed by atoms with E-state index in [0.29, 0.717) is 32.5 Å². The third kappa shape index (κ3) is 7.34. The van der Waals surface area contributed by atoms with Crippen molar-refractivity contribution in [3.05, 3.63) is 0 Å². The molecule has 0 aromatic rings. The molecule has 0 bridgehead atoms. The summed E-state index contributed by atoms with van der Waals surface area (Å²) in [6.45, 7) is 10.4. The fourth-order valence-corrected chi connectivity index (χ4v) is 3.06. The molecule has 1 saturated heterocycles. The summed E-state index contributed by atoms with van der Waals surface area (Å²) in [4.78, 5) is 40.2. The van der Waals surface area contributed by atoms with Crippen LogP contribution in [0.5, 0.6) is 0 Å².